The van der Waals surface area contributed by atoms with Crippen LogP contribution >= 0.6 is 12.6 Å². The van der Waals surface area contributed by atoms with Crippen LogP contribution in [0.25, 0.3) is 0 Å². The highest BCUT2D eigenvalue weighted by Gasteiger charge is 2.31. The Morgan fingerprint density at radius 3 is 3.00 bits per heavy atom. The Morgan fingerprint density at radius 1 is 1.57 bits per heavy atom. The number of amides is 1. The van der Waals surface area contributed by atoms with E-state index < -0.39 is 0 Å². The van der Waals surface area contributed by atoms with Gasteiger partial charge in [-0.2, -0.15) is 17.7 Å². The Labute approximate surface area is 87.0 Å². The average molecular weight is 210 g/mol. The highest BCUT2D eigenvalue weighted by atomic mass is 32.1. The molecular weight excluding hydrogens is 200 g/mol. The van der Waals surface area contributed by atoms with Gasteiger partial charge in [-0.25, -0.2) is 4.98 Å². The molecule has 5 nitrogen and oxygen atoms in total. The number of hydrogen-bond acceptors (Lipinski definition) is 5. The highest BCUT2D eigenvalue weighted by molar-refractivity contribution is 7.80. The molecule has 2 heterocycles. The summed E-state index contributed by atoms with van der Waals surface area (Å²) in [6.07, 6.45) is 3.55. The zero-order valence-electron chi connectivity index (χ0n) is 7.50. The lowest BCUT2D eigenvalue weighted by Gasteiger charge is -2.12. The molecule has 1 amide bonds. The van der Waals surface area contributed by atoms with Crippen molar-refractivity contribution in [3.63, 3.8) is 0 Å². The molecule has 14 heavy (non-hydrogen) atoms. The predicted molar refractivity (Wildman–Crippen MR) is 54.1 cm³/mol. The van der Waals surface area contributed by atoms with Crippen LogP contribution in [0, 0.1) is 5.92 Å². The molecule has 0 saturated carbocycles. The summed E-state index contributed by atoms with van der Waals surface area (Å²) in [6, 6.07) is 0. The van der Waals surface area contributed by atoms with Crippen molar-refractivity contribution in [3.8, 4) is 0 Å². The molecule has 1 aliphatic rings. The summed E-state index contributed by atoms with van der Waals surface area (Å²) in [5.41, 5.74) is 0. The van der Waals surface area contributed by atoms with Gasteiger partial charge in [0.2, 0.25) is 5.91 Å². The van der Waals surface area contributed by atoms with Crippen molar-refractivity contribution in [2.24, 2.45) is 5.92 Å². The predicted octanol–water partition coefficient (Wildman–Crippen LogP) is 0.154. The molecule has 6 heteroatoms. The summed E-state index contributed by atoms with van der Waals surface area (Å²) in [6.45, 7) is 0.647. The second kappa shape index (κ2) is 3.91. The molecule has 1 fully saturated rings. The van der Waals surface area contributed by atoms with Crippen LogP contribution in [0.1, 0.15) is 6.42 Å². The minimum atomic E-state index is 0.0528. The first-order valence-corrected chi connectivity index (χ1v) is 4.99. The van der Waals surface area contributed by atoms with Gasteiger partial charge in [-0.15, -0.1) is 5.10 Å². The molecule has 1 aliphatic heterocycles. The van der Waals surface area contributed by atoms with Crippen molar-refractivity contribution in [1.82, 2.24) is 15.2 Å². The fourth-order valence-corrected chi connectivity index (χ4v) is 1.71. The average Bonchev–Trinajstić information content (AvgIpc) is 2.61. The van der Waals surface area contributed by atoms with Gasteiger partial charge < -0.3 is 0 Å². The van der Waals surface area contributed by atoms with Gasteiger partial charge in [0.15, 0.2) is 0 Å². The Morgan fingerprint density at radius 2 is 2.43 bits per heavy atom. The zero-order valence-corrected chi connectivity index (χ0v) is 8.39. The fourth-order valence-electron chi connectivity index (χ4n) is 1.46. The van der Waals surface area contributed by atoms with Gasteiger partial charge in [-0.1, -0.05) is 0 Å². The number of nitrogens with zero attached hydrogens (tertiary/aromatic N) is 4. The van der Waals surface area contributed by atoms with Crippen LogP contribution in [0.2, 0.25) is 0 Å². The van der Waals surface area contributed by atoms with Crippen molar-refractivity contribution in [1.29, 1.82) is 0 Å². The molecule has 2 rings (SSSR count). The van der Waals surface area contributed by atoms with E-state index in [0.717, 1.165) is 0 Å². The molecule has 1 atom stereocenters. The Hall–Kier alpha value is -1.17. The summed E-state index contributed by atoms with van der Waals surface area (Å²) in [5.74, 6) is 1.45. The van der Waals surface area contributed by atoms with Crippen LogP contribution in [-0.2, 0) is 4.79 Å². The van der Waals surface area contributed by atoms with Crippen molar-refractivity contribution in [2.75, 3.05) is 17.2 Å². The lowest BCUT2D eigenvalue weighted by atomic mass is 10.1. The molecule has 0 bridgehead atoms. The molecule has 0 aromatic carbocycles. The molecule has 0 spiro atoms. The maximum Gasteiger partial charge on any atom is 0.251 e. The molecule has 1 unspecified atom stereocenters. The normalized spacial score (nSPS) is 21.6. The number of thiol groups is 1. The minimum absolute atomic E-state index is 0.0528. The van der Waals surface area contributed by atoms with Crippen LogP contribution < -0.4 is 4.90 Å². The standard InChI is InChI=1S/C8H10N4OS/c13-7-3-6(5-14)4-12(7)8-9-1-2-10-11-8/h1-2,6,14H,3-5H2. The SMILES string of the molecule is O=C1CC(CS)CN1c1nccnn1. The largest absolute Gasteiger partial charge is 0.279 e. The smallest absolute Gasteiger partial charge is 0.251 e. The molecule has 1 aromatic heterocycles. The lowest BCUT2D eigenvalue weighted by Crippen LogP contribution is -2.26. The summed E-state index contributed by atoms with van der Waals surface area (Å²) < 4.78 is 0. The van der Waals surface area contributed by atoms with Crippen molar-refractivity contribution in [2.45, 2.75) is 6.42 Å². The van der Waals surface area contributed by atoms with Gasteiger partial charge in [0.05, 0.1) is 12.4 Å². The van der Waals surface area contributed by atoms with Gasteiger partial charge in [-0.3, -0.25) is 9.69 Å². The molecule has 74 valence electrons. The van der Waals surface area contributed by atoms with E-state index in [9.17, 15) is 4.79 Å². The van der Waals surface area contributed by atoms with Crippen molar-refractivity contribution < 1.29 is 4.79 Å². The second-order valence-corrected chi connectivity index (χ2v) is 3.56. The third-order valence-electron chi connectivity index (χ3n) is 2.18. The van der Waals surface area contributed by atoms with Crippen LogP contribution in [0.3, 0.4) is 0 Å². The van der Waals surface area contributed by atoms with Crippen LogP contribution in [-0.4, -0.2) is 33.4 Å². The maximum atomic E-state index is 11.5. The molecule has 0 aliphatic carbocycles. The third-order valence-corrected chi connectivity index (χ3v) is 2.69. The summed E-state index contributed by atoms with van der Waals surface area (Å²) in [7, 11) is 0. The molecule has 0 radical (unpaired) electrons. The van der Waals surface area contributed by atoms with Gasteiger partial charge in [0.25, 0.3) is 5.95 Å². The Balaban J connectivity index is 2.17. The van der Waals surface area contributed by atoms with Crippen LogP contribution in [0.5, 0.6) is 0 Å². The zero-order chi connectivity index (χ0) is 9.97. The second-order valence-electron chi connectivity index (χ2n) is 3.20. The first kappa shape index (κ1) is 9.39. The van der Waals surface area contributed by atoms with Crippen molar-refractivity contribution in [3.05, 3.63) is 12.4 Å². The highest BCUT2D eigenvalue weighted by Crippen LogP contribution is 2.21. The summed E-state index contributed by atoms with van der Waals surface area (Å²) in [4.78, 5) is 17.1. The van der Waals surface area contributed by atoms with Crippen LogP contribution in [0.4, 0.5) is 5.95 Å². The molecular formula is C8H10N4OS. The van der Waals surface area contributed by atoms with Gasteiger partial charge in [0, 0.05) is 13.0 Å². The maximum absolute atomic E-state index is 11.5. The first-order chi connectivity index (χ1) is 6.81. The van der Waals surface area contributed by atoms with E-state index in [1.54, 1.807) is 4.90 Å². The molecule has 0 N–H and O–H groups in total. The van der Waals surface area contributed by atoms with Crippen molar-refractivity contribution >= 4 is 24.5 Å². The lowest BCUT2D eigenvalue weighted by molar-refractivity contribution is -0.117. The van der Waals surface area contributed by atoms with E-state index in [2.05, 4.69) is 27.8 Å². The minimum Gasteiger partial charge on any atom is -0.279 e. The van der Waals surface area contributed by atoms with Gasteiger partial charge in [0.1, 0.15) is 0 Å². The topological polar surface area (TPSA) is 59.0 Å². The number of hydrogen-bond donors (Lipinski definition) is 1. The van der Waals surface area contributed by atoms with E-state index in [1.165, 1.54) is 12.4 Å². The first-order valence-electron chi connectivity index (χ1n) is 4.36. The Kier molecular flexibility index (Phi) is 2.62. The van der Waals surface area contributed by atoms with Crippen LogP contribution in [0.15, 0.2) is 12.4 Å². The number of anilines is 1. The summed E-state index contributed by atoms with van der Waals surface area (Å²) in [5, 5.41) is 7.49. The van der Waals surface area contributed by atoms with E-state index in [1.807, 2.05) is 0 Å². The monoisotopic (exact) mass is 210 g/mol. The Bertz CT molecular complexity index is 331. The third kappa shape index (κ3) is 1.70. The fraction of sp³-hybridized carbons (Fsp3) is 0.500. The van der Waals surface area contributed by atoms with Gasteiger partial charge >= 0.3 is 0 Å². The molecule has 1 saturated heterocycles. The molecule has 1 aromatic rings. The number of aromatic nitrogens is 3. The van der Waals surface area contributed by atoms with E-state index in [0.29, 0.717) is 30.6 Å². The van der Waals surface area contributed by atoms with E-state index >= 15 is 0 Å². The number of carbonyl (C=O) groups is 1. The quantitative estimate of drug-likeness (QED) is 0.706. The number of rotatable bonds is 2. The van der Waals surface area contributed by atoms with E-state index in [4.69, 9.17) is 0 Å². The van der Waals surface area contributed by atoms with E-state index in [-0.39, 0.29) is 5.91 Å². The number of carbonyl (C=O) groups excluding carboxylic acids is 1. The van der Waals surface area contributed by atoms with Gasteiger partial charge in [-0.05, 0) is 11.7 Å². The summed E-state index contributed by atoms with van der Waals surface area (Å²) >= 11 is 4.17.